The van der Waals surface area contributed by atoms with Crippen LogP contribution in [0.1, 0.15) is 17.4 Å². The minimum Gasteiger partial charge on any atom is -0.477 e. The van der Waals surface area contributed by atoms with Gasteiger partial charge in [0, 0.05) is 29.8 Å². The molecule has 3 aromatic carbocycles. The fraction of sp³-hybridized carbons (Fsp3) is 0.0435. The number of fused-ring (bicyclic) bond motifs is 1. The van der Waals surface area contributed by atoms with Crippen LogP contribution in [0, 0.1) is 5.82 Å². The lowest BCUT2D eigenvalue weighted by atomic mass is 10.1. The molecule has 4 N–H and O–H groups in total. The lowest BCUT2D eigenvalue weighted by Crippen LogP contribution is -2.06. The quantitative estimate of drug-likeness (QED) is 0.330. The number of benzene rings is 3. The molecule has 4 aromatic rings. The molecule has 0 aliphatic rings. The van der Waals surface area contributed by atoms with Gasteiger partial charge in [0.2, 0.25) is 5.91 Å². The van der Waals surface area contributed by atoms with E-state index in [2.05, 4.69) is 15.6 Å². The predicted octanol–water partition coefficient (Wildman–Crippen LogP) is 5.50. The minimum atomic E-state index is -1.11. The monoisotopic (exact) mass is 419 g/mol. The summed E-state index contributed by atoms with van der Waals surface area (Å²) < 4.78 is 19.9. The van der Waals surface area contributed by atoms with Crippen LogP contribution in [0.2, 0.25) is 0 Å². The number of carboxylic acids is 1. The van der Waals surface area contributed by atoms with E-state index in [1.165, 1.54) is 31.2 Å². The van der Waals surface area contributed by atoms with Crippen LogP contribution >= 0.6 is 0 Å². The zero-order chi connectivity index (χ0) is 22.0. The summed E-state index contributed by atoms with van der Waals surface area (Å²) in [5, 5.41) is 15.7. The van der Waals surface area contributed by atoms with Crippen molar-refractivity contribution in [2.75, 3.05) is 10.6 Å². The predicted molar refractivity (Wildman–Crippen MR) is 116 cm³/mol. The molecule has 0 bridgehead atoms. The first kappa shape index (κ1) is 20.0. The summed E-state index contributed by atoms with van der Waals surface area (Å²) in [5.41, 5.74) is 2.05. The highest BCUT2D eigenvalue weighted by Gasteiger charge is 2.14. The Morgan fingerprint density at radius 3 is 2.48 bits per heavy atom. The molecule has 0 saturated heterocycles. The van der Waals surface area contributed by atoms with E-state index in [1.807, 2.05) is 6.07 Å². The molecule has 1 amide bonds. The normalized spacial score (nSPS) is 10.6. The molecule has 156 valence electrons. The SMILES string of the molecule is CC(=O)Nc1cc(Nc2ccc(F)c(Oc3ccccc3)c2)c2cc(C(=O)O)[nH]c2c1. The summed E-state index contributed by atoms with van der Waals surface area (Å²) in [7, 11) is 0. The average molecular weight is 419 g/mol. The highest BCUT2D eigenvalue weighted by atomic mass is 19.1. The summed E-state index contributed by atoms with van der Waals surface area (Å²) in [5.74, 6) is -1.38. The van der Waals surface area contributed by atoms with Gasteiger partial charge in [-0.1, -0.05) is 18.2 Å². The second-order valence-electron chi connectivity index (χ2n) is 6.84. The Morgan fingerprint density at radius 1 is 1.00 bits per heavy atom. The topological polar surface area (TPSA) is 103 Å². The first-order valence-electron chi connectivity index (χ1n) is 9.36. The van der Waals surface area contributed by atoms with Crippen molar-refractivity contribution in [3.8, 4) is 11.5 Å². The number of halogens is 1. The molecule has 1 aromatic heterocycles. The van der Waals surface area contributed by atoms with Gasteiger partial charge in [0.05, 0.1) is 11.2 Å². The van der Waals surface area contributed by atoms with Crippen LogP contribution in [0.15, 0.2) is 66.7 Å². The maximum atomic E-state index is 14.3. The lowest BCUT2D eigenvalue weighted by molar-refractivity contribution is -0.114. The van der Waals surface area contributed by atoms with Crippen LogP contribution in [0.3, 0.4) is 0 Å². The van der Waals surface area contributed by atoms with Gasteiger partial charge >= 0.3 is 5.97 Å². The van der Waals surface area contributed by atoms with Gasteiger partial charge in [0.15, 0.2) is 11.6 Å². The average Bonchev–Trinajstić information content (AvgIpc) is 3.16. The number of hydrogen-bond donors (Lipinski definition) is 4. The van der Waals surface area contributed by atoms with Crippen LogP contribution in [0.4, 0.5) is 21.5 Å². The number of hydrogen-bond acceptors (Lipinski definition) is 4. The van der Waals surface area contributed by atoms with Crippen molar-refractivity contribution < 1.29 is 23.8 Å². The van der Waals surface area contributed by atoms with Crippen LogP contribution < -0.4 is 15.4 Å². The lowest BCUT2D eigenvalue weighted by Gasteiger charge is -2.13. The molecule has 31 heavy (non-hydrogen) atoms. The van der Waals surface area contributed by atoms with Gasteiger partial charge < -0.3 is 25.5 Å². The van der Waals surface area contributed by atoms with Crippen molar-refractivity contribution in [1.29, 1.82) is 0 Å². The first-order valence-corrected chi connectivity index (χ1v) is 9.36. The fourth-order valence-electron chi connectivity index (χ4n) is 3.16. The number of para-hydroxylation sites is 1. The molecule has 0 spiro atoms. The molecule has 0 aliphatic carbocycles. The summed E-state index contributed by atoms with van der Waals surface area (Å²) in [6, 6.07) is 17.9. The number of H-pyrrole nitrogens is 1. The largest absolute Gasteiger partial charge is 0.477 e. The number of amides is 1. The van der Waals surface area contributed by atoms with E-state index in [0.29, 0.717) is 33.7 Å². The number of rotatable bonds is 6. The van der Waals surface area contributed by atoms with Gasteiger partial charge in [0.25, 0.3) is 0 Å². The molecular formula is C23H18FN3O4. The minimum absolute atomic E-state index is 0.00484. The van der Waals surface area contributed by atoms with E-state index in [4.69, 9.17) is 4.74 Å². The molecule has 0 fully saturated rings. The summed E-state index contributed by atoms with van der Waals surface area (Å²) in [6.07, 6.45) is 0. The Labute approximate surface area is 176 Å². The van der Waals surface area contributed by atoms with Crippen molar-refractivity contribution in [2.45, 2.75) is 6.92 Å². The van der Waals surface area contributed by atoms with E-state index < -0.39 is 11.8 Å². The highest BCUT2D eigenvalue weighted by Crippen LogP contribution is 2.33. The number of aromatic carboxylic acids is 1. The van der Waals surface area contributed by atoms with Crippen LogP contribution in [0.25, 0.3) is 10.9 Å². The molecule has 0 saturated carbocycles. The van der Waals surface area contributed by atoms with Crippen molar-refractivity contribution in [1.82, 2.24) is 4.98 Å². The number of carbonyl (C=O) groups is 2. The molecule has 1 heterocycles. The van der Waals surface area contributed by atoms with Gasteiger partial charge in [-0.25, -0.2) is 9.18 Å². The molecule has 0 atom stereocenters. The Bertz CT molecular complexity index is 1280. The van der Waals surface area contributed by atoms with E-state index >= 15 is 0 Å². The number of carbonyl (C=O) groups excluding carboxylic acids is 1. The Kier molecular flexibility index (Phi) is 5.28. The number of nitrogens with one attached hydrogen (secondary N) is 3. The van der Waals surface area contributed by atoms with Gasteiger partial charge in [-0.15, -0.1) is 0 Å². The van der Waals surface area contributed by atoms with Crippen LogP contribution in [0.5, 0.6) is 11.5 Å². The standard InChI is InChI=1S/C23H18FN3O4/c1-13(28)25-15-9-19(17-12-21(23(29)30)27-20(17)10-15)26-14-7-8-18(24)22(11-14)31-16-5-3-2-4-6-16/h2-12,26-27H,1H3,(H,25,28)(H,29,30). The fourth-order valence-corrected chi connectivity index (χ4v) is 3.16. The number of anilines is 3. The molecule has 7 nitrogen and oxygen atoms in total. The van der Waals surface area contributed by atoms with Crippen molar-refractivity contribution in [3.63, 3.8) is 0 Å². The number of aromatic nitrogens is 1. The summed E-state index contributed by atoms with van der Waals surface area (Å²) >= 11 is 0. The van der Waals surface area contributed by atoms with E-state index in [0.717, 1.165) is 0 Å². The third-order valence-electron chi connectivity index (χ3n) is 4.47. The third kappa shape index (κ3) is 4.48. The van der Waals surface area contributed by atoms with Crippen molar-refractivity contribution >= 4 is 39.8 Å². The maximum Gasteiger partial charge on any atom is 0.352 e. The van der Waals surface area contributed by atoms with Gasteiger partial charge in [-0.2, -0.15) is 0 Å². The third-order valence-corrected chi connectivity index (χ3v) is 4.47. The molecule has 0 aliphatic heterocycles. The Morgan fingerprint density at radius 2 is 1.77 bits per heavy atom. The molecular weight excluding hydrogens is 401 g/mol. The summed E-state index contributed by atoms with van der Waals surface area (Å²) in [6.45, 7) is 1.38. The molecule has 0 radical (unpaired) electrons. The Balaban J connectivity index is 1.72. The highest BCUT2D eigenvalue weighted by molar-refractivity contribution is 6.03. The smallest absolute Gasteiger partial charge is 0.352 e. The first-order chi connectivity index (χ1) is 14.9. The second kappa shape index (κ2) is 8.19. The molecule has 4 rings (SSSR count). The van der Waals surface area contributed by atoms with E-state index in [1.54, 1.807) is 36.4 Å². The molecule has 0 unspecified atom stereocenters. The van der Waals surface area contributed by atoms with E-state index in [-0.39, 0.29) is 17.4 Å². The van der Waals surface area contributed by atoms with Gasteiger partial charge in [-0.3, -0.25) is 4.79 Å². The number of ether oxygens (including phenoxy) is 1. The molecule has 8 heteroatoms. The van der Waals surface area contributed by atoms with Crippen molar-refractivity contribution in [2.24, 2.45) is 0 Å². The zero-order valence-corrected chi connectivity index (χ0v) is 16.4. The number of carboxylic acid groups (broad SMARTS) is 1. The summed E-state index contributed by atoms with van der Waals surface area (Å²) in [4.78, 5) is 25.7. The van der Waals surface area contributed by atoms with E-state index in [9.17, 15) is 19.1 Å². The second-order valence-corrected chi connectivity index (χ2v) is 6.84. The van der Waals surface area contributed by atoms with Gasteiger partial charge in [0.1, 0.15) is 11.4 Å². The Hall–Kier alpha value is -4.33. The van der Waals surface area contributed by atoms with Crippen LogP contribution in [-0.2, 0) is 4.79 Å². The van der Waals surface area contributed by atoms with Crippen LogP contribution in [-0.4, -0.2) is 22.0 Å². The maximum absolute atomic E-state index is 14.3. The number of aromatic amines is 1. The van der Waals surface area contributed by atoms with Gasteiger partial charge in [-0.05, 0) is 42.5 Å². The van der Waals surface area contributed by atoms with Crippen molar-refractivity contribution in [3.05, 3.63) is 78.2 Å². The zero-order valence-electron chi connectivity index (χ0n) is 16.4.